The predicted molar refractivity (Wildman–Crippen MR) is 89.4 cm³/mol. The lowest BCUT2D eigenvalue weighted by molar-refractivity contribution is 0.0964. The molecule has 108 valence electrons. The summed E-state index contributed by atoms with van der Waals surface area (Å²) < 4.78 is 1.80. The van der Waals surface area contributed by atoms with Crippen LogP contribution < -0.4 is 0 Å². The molecule has 2 aromatic heterocycles. The first-order valence-corrected chi connectivity index (χ1v) is 7.36. The monoisotopic (exact) mass is 288 g/mol. The van der Waals surface area contributed by atoms with E-state index in [1.54, 1.807) is 4.57 Å². The van der Waals surface area contributed by atoms with Crippen molar-refractivity contribution in [2.75, 3.05) is 0 Å². The first-order chi connectivity index (χ1) is 10.7. The zero-order valence-electron chi connectivity index (χ0n) is 12.6. The number of carbonyl (C=O) groups excluding carboxylic acids is 1. The Hall–Kier alpha value is -2.81. The predicted octanol–water partition coefficient (Wildman–Crippen LogP) is 4.43. The molecule has 0 aliphatic heterocycles. The van der Waals surface area contributed by atoms with Crippen LogP contribution in [0.1, 0.15) is 21.7 Å². The highest BCUT2D eigenvalue weighted by molar-refractivity contribution is 6.12. The van der Waals surface area contributed by atoms with Crippen LogP contribution in [-0.2, 0) is 0 Å². The zero-order valence-corrected chi connectivity index (χ0v) is 12.6. The van der Waals surface area contributed by atoms with E-state index in [1.165, 1.54) is 0 Å². The van der Waals surface area contributed by atoms with Gasteiger partial charge in [-0.2, -0.15) is 0 Å². The number of hydrogen-bond acceptors (Lipinski definition) is 1. The first-order valence-electron chi connectivity index (χ1n) is 7.36. The van der Waals surface area contributed by atoms with Gasteiger partial charge in [-0.05, 0) is 32.0 Å². The van der Waals surface area contributed by atoms with Gasteiger partial charge in [0, 0.05) is 27.7 Å². The van der Waals surface area contributed by atoms with Gasteiger partial charge in [-0.1, -0.05) is 36.4 Å². The number of nitrogens with zero attached hydrogens (tertiary/aromatic N) is 1. The Balaban J connectivity index is 2.00. The highest BCUT2D eigenvalue weighted by Gasteiger charge is 2.20. The maximum Gasteiger partial charge on any atom is 0.265 e. The maximum atomic E-state index is 13.2. The van der Waals surface area contributed by atoms with Crippen LogP contribution in [0, 0.1) is 13.8 Å². The summed E-state index contributed by atoms with van der Waals surface area (Å²) in [5.41, 5.74) is 4.56. The van der Waals surface area contributed by atoms with Crippen LogP contribution >= 0.6 is 0 Å². The van der Waals surface area contributed by atoms with E-state index >= 15 is 0 Å². The molecule has 4 rings (SSSR count). The lowest BCUT2D eigenvalue weighted by Crippen LogP contribution is -2.14. The molecule has 22 heavy (non-hydrogen) atoms. The van der Waals surface area contributed by atoms with Crippen LogP contribution in [0.5, 0.6) is 0 Å². The molecule has 0 fully saturated rings. The SMILES string of the molecule is Cc1[nH]c2ccccc2c1C(=O)n1c(C)cc2ccccc21. The third kappa shape index (κ3) is 1.72. The van der Waals surface area contributed by atoms with E-state index in [1.807, 2.05) is 62.4 Å². The van der Waals surface area contributed by atoms with E-state index < -0.39 is 0 Å². The lowest BCUT2D eigenvalue weighted by Gasteiger charge is -2.07. The fraction of sp³-hybridized carbons (Fsp3) is 0.105. The van der Waals surface area contributed by atoms with Crippen molar-refractivity contribution in [2.45, 2.75) is 13.8 Å². The minimum Gasteiger partial charge on any atom is -0.358 e. The summed E-state index contributed by atoms with van der Waals surface area (Å²) in [5.74, 6) is 0.0219. The quantitative estimate of drug-likeness (QED) is 0.553. The highest BCUT2D eigenvalue weighted by Crippen LogP contribution is 2.26. The summed E-state index contributed by atoms with van der Waals surface area (Å²) in [6, 6.07) is 18.0. The molecule has 0 radical (unpaired) electrons. The number of fused-ring (bicyclic) bond motifs is 2. The van der Waals surface area contributed by atoms with E-state index in [9.17, 15) is 4.79 Å². The Kier molecular flexibility index (Phi) is 2.70. The molecule has 3 nitrogen and oxygen atoms in total. The van der Waals surface area contributed by atoms with Gasteiger partial charge in [0.15, 0.2) is 0 Å². The molecule has 1 N–H and O–H groups in total. The Morgan fingerprint density at radius 1 is 1.00 bits per heavy atom. The molecule has 0 unspecified atom stereocenters. The average molecular weight is 288 g/mol. The zero-order chi connectivity index (χ0) is 15.3. The minimum atomic E-state index is 0.0219. The normalized spacial score (nSPS) is 11.4. The third-order valence-corrected chi connectivity index (χ3v) is 4.21. The van der Waals surface area contributed by atoms with Gasteiger partial charge in [0.1, 0.15) is 0 Å². The number of aromatic amines is 1. The second-order valence-corrected chi connectivity index (χ2v) is 5.66. The van der Waals surface area contributed by atoms with Crippen LogP contribution in [0.2, 0.25) is 0 Å². The van der Waals surface area contributed by atoms with Gasteiger partial charge in [-0.15, -0.1) is 0 Å². The summed E-state index contributed by atoms with van der Waals surface area (Å²) in [4.78, 5) is 16.5. The van der Waals surface area contributed by atoms with Crippen molar-refractivity contribution < 1.29 is 4.79 Å². The number of nitrogens with one attached hydrogen (secondary N) is 1. The highest BCUT2D eigenvalue weighted by atomic mass is 16.2. The Morgan fingerprint density at radius 2 is 1.73 bits per heavy atom. The van der Waals surface area contributed by atoms with Gasteiger partial charge in [0.25, 0.3) is 5.91 Å². The van der Waals surface area contributed by atoms with E-state index in [-0.39, 0.29) is 5.91 Å². The van der Waals surface area contributed by atoms with Crippen molar-refractivity contribution in [1.82, 2.24) is 9.55 Å². The van der Waals surface area contributed by atoms with Crippen LogP contribution in [0.3, 0.4) is 0 Å². The van der Waals surface area contributed by atoms with Crippen molar-refractivity contribution in [1.29, 1.82) is 0 Å². The molecular formula is C19H16N2O. The molecule has 2 aromatic carbocycles. The molecule has 0 saturated heterocycles. The molecule has 0 atom stereocenters. The Bertz CT molecular complexity index is 938. The minimum absolute atomic E-state index is 0.0219. The number of H-pyrrole nitrogens is 1. The molecule has 0 bridgehead atoms. The number of benzene rings is 2. The van der Waals surface area contributed by atoms with Crippen molar-refractivity contribution in [2.24, 2.45) is 0 Å². The summed E-state index contributed by atoms with van der Waals surface area (Å²) in [6.07, 6.45) is 0. The van der Waals surface area contributed by atoms with Gasteiger partial charge in [0.05, 0.1) is 11.1 Å². The van der Waals surface area contributed by atoms with Gasteiger partial charge >= 0.3 is 0 Å². The van der Waals surface area contributed by atoms with Crippen LogP contribution in [0.15, 0.2) is 54.6 Å². The molecule has 0 saturated carbocycles. The Morgan fingerprint density at radius 3 is 2.59 bits per heavy atom. The van der Waals surface area contributed by atoms with Gasteiger partial charge in [-0.3, -0.25) is 9.36 Å². The maximum absolute atomic E-state index is 13.2. The van der Waals surface area contributed by atoms with Crippen molar-refractivity contribution in [3.8, 4) is 0 Å². The summed E-state index contributed by atoms with van der Waals surface area (Å²) in [6.45, 7) is 3.93. The standard InChI is InChI=1S/C19H16N2O/c1-12-11-14-7-3-6-10-17(14)21(12)19(22)18-13(2)20-16-9-5-4-8-15(16)18/h3-11,20H,1-2H3. The molecule has 4 aromatic rings. The number of aryl methyl sites for hydroxylation is 2. The average Bonchev–Trinajstić information content (AvgIpc) is 3.01. The molecular weight excluding hydrogens is 272 g/mol. The first kappa shape index (κ1) is 12.9. The van der Waals surface area contributed by atoms with Gasteiger partial charge in [0.2, 0.25) is 0 Å². The van der Waals surface area contributed by atoms with Crippen molar-refractivity contribution in [3.05, 3.63) is 71.5 Å². The van der Waals surface area contributed by atoms with Gasteiger partial charge in [-0.25, -0.2) is 0 Å². The molecule has 3 heteroatoms. The number of aromatic nitrogens is 2. The molecule has 0 aliphatic rings. The second-order valence-electron chi connectivity index (χ2n) is 5.66. The van der Waals surface area contributed by atoms with Gasteiger partial charge < -0.3 is 4.98 Å². The van der Waals surface area contributed by atoms with E-state index in [2.05, 4.69) is 11.1 Å². The van der Waals surface area contributed by atoms with Crippen molar-refractivity contribution in [3.63, 3.8) is 0 Å². The van der Waals surface area contributed by atoms with E-state index in [4.69, 9.17) is 0 Å². The van der Waals surface area contributed by atoms with E-state index in [0.717, 1.165) is 38.8 Å². The largest absolute Gasteiger partial charge is 0.358 e. The second kappa shape index (κ2) is 4.60. The number of rotatable bonds is 1. The Labute approximate surface area is 128 Å². The lowest BCUT2D eigenvalue weighted by atomic mass is 10.1. The molecule has 0 amide bonds. The smallest absolute Gasteiger partial charge is 0.265 e. The van der Waals surface area contributed by atoms with Crippen molar-refractivity contribution >= 4 is 27.7 Å². The fourth-order valence-electron chi connectivity index (χ4n) is 3.23. The third-order valence-electron chi connectivity index (χ3n) is 4.21. The topological polar surface area (TPSA) is 37.8 Å². The number of hydrogen-bond donors (Lipinski definition) is 1. The van der Waals surface area contributed by atoms with Crippen LogP contribution in [0.25, 0.3) is 21.8 Å². The molecule has 2 heterocycles. The summed E-state index contributed by atoms with van der Waals surface area (Å²) in [5, 5.41) is 2.06. The summed E-state index contributed by atoms with van der Waals surface area (Å²) in [7, 11) is 0. The summed E-state index contributed by atoms with van der Waals surface area (Å²) >= 11 is 0. The van der Waals surface area contributed by atoms with Crippen LogP contribution in [0.4, 0.5) is 0 Å². The number of para-hydroxylation sites is 2. The van der Waals surface area contributed by atoms with E-state index in [0.29, 0.717) is 0 Å². The molecule has 0 aliphatic carbocycles. The fourth-order valence-corrected chi connectivity index (χ4v) is 3.23. The molecule has 0 spiro atoms. The van der Waals surface area contributed by atoms with Crippen LogP contribution in [-0.4, -0.2) is 15.5 Å². The number of carbonyl (C=O) groups is 1.